The van der Waals surface area contributed by atoms with E-state index in [0.29, 0.717) is 22.5 Å². The van der Waals surface area contributed by atoms with Crippen molar-refractivity contribution in [1.29, 1.82) is 5.26 Å². The third-order valence-corrected chi connectivity index (χ3v) is 12.6. The average Bonchev–Trinajstić information content (AvgIpc) is 2.80. The normalized spacial score (nSPS) is 13.5. The summed E-state index contributed by atoms with van der Waals surface area (Å²) in [5.74, 6) is -0.836. The molecule has 1 aromatic heterocycles. The number of nitrogens with zero attached hydrogens (tertiary/aromatic N) is 4. The number of rotatable bonds is 11. The van der Waals surface area contributed by atoms with Gasteiger partial charge < -0.3 is 4.43 Å². The summed E-state index contributed by atoms with van der Waals surface area (Å²) in [7, 11) is -4.49. The molecule has 0 bridgehead atoms. The molecule has 1 atom stereocenters. The smallest absolute Gasteiger partial charge is 0.239 e. The molecule has 39 heavy (non-hydrogen) atoms. The Morgan fingerprint density at radius 1 is 1.21 bits per heavy atom. The second kappa shape index (κ2) is 12.5. The summed E-state index contributed by atoms with van der Waals surface area (Å²) >= 11 is 0. The van der Waals surface area contributed by atoms with Crippen LogP contribution in [-0.2, 0) is 19.2 Å². The third kappa shape index (κ3) is 8.52. The number of hydrogen-bond acceptors (Lipinski definition) is 7. The lowest BCUT2D eigenvalue weighted by molar-refractivity contribution is -0.116. The van der Waals surface area contributed by atoms with Gasteiger partial charge in [0.2, 0.25) is 16.0 Å². The van der Waals surface area contributed by atoms with Gasteiger partial charge in [-0.25, -0.2) is 27.1 Å². The first-order chi connectivity index (χ1) is 17.9. The molecule has 0 amide bonds. The summed E-state index contributed by atoms with van der Waals surface area (Å²) in [6.45, 7) is 14.2. The summed E-state index contributed by atoms with van der Waals surface area (Å²) in [6.07, 6.45) is 3.68. The largest absolute Gasteiger partial charge is 0.412 e. The number of allylic oxidation sites excluding steroid dienone is 1. The fourth-order valence-corrected chi connectivity index (χ4v) is 5.25. The lowest BCUT2D eigenvalue weighted by atomic mass is 9.97. The van der Waals surface area contributed by atoms with Gasteiger partial charge in [0.05, 0.1) is 36.2 Å². The van der Waals surface area contributed by atoms with Crippen LogP contribution in [0.25, 0.3) is 17.3 Å². The van der Waals surface area contributed by atoms with Crippen molar-refractivity contribution in [3.05, 3.63) is 47.4 Å². The molecule has 0 saturated heterocycles. The first-order valence-corrected chi connectivity index (χ1v) is 17.5. The summed E-state index contributed by atoms with van der Waals surface area (Å²) in [5.41, 5.74) is 1.97. The highest BCUT2D eigenvalue weighted by Crippen LogP contribution is 2.38. The van der Waals surface area contributed by atoms with Gasteiger partial charge in [-0.05, 0) is 60.5 Å². The van der Waals surface area contributed by atoms with Gasteiger partial charge in [-0.3, -0.25) is 4.79 Å². The molecule has 0 unspecified atom stereocenters. The summed E-state index contributed by atoms with van der Waals surface area (Å²) in [4.78, 5) is 22.1. The zero-order chi connectivity index (χ0) is 29.8. The molecule has 0 aliphatic heterocycles. The zero-order valence-electron chi connectivity index (χ0n) is 24.2. The van der Waals surface area contributed by atoms with E-state index < -0.39 is 30.3 Å². The van der Waals surface area contributed by atoms with Crippen LogP contribution < -0.4 is 4.31 Å². The predicted molar refractivity (Wildman–Crippen MR) is 156 cm³/mol. The van der Waals surface area contributed by atoms with Gasteiger partial charge in [-0.2, -0.15) is 5.26 Å². The van der Waals surface area contributed by atoms with Crippen LogP contribution in [0.2, 0.25) is 18.1 Å². The van der Waals surface area contributed by atoms with Gasteiger partial charge in [-0.15, -0.1) is 0 Å². The molecular weight excluding hydrogens is 535 g/mol. The third-order valence-electron chi connectivity index (χ3n) is 6.86. The van der Waals surface area contributed by atoms with Crippen molar-refractivity contribution in [2.45, 2.75) is 77.6 Å². The Morgan fingerprint density at radius 2 is 1.79 bits per heavy atom. The standard InChI is InChI=1S/C28H39FN4O4SSi/c1-19(2)25-24(15-14-22(34)18-23(16-17-30)37-39(8,9)28(3,4)5)26(20-10-12-21(29)13-11-20)32-27(31-25)33(6)38(7,35)36/h10-15,19,23H,16,18H2,1-9H3/b15-14+/t23-/m1/s1. The van der Waals surface area contributed by atoms with Crippen LogP contribution in [-0.4, -0.2) is 51.9 Å². The Balaban J connectivity index is 2.57. The molecule has 0 spiro atoms. The lowest BCUT2D eigenvalue weighted by Crippen LogP contribution is -2.44. The molecular formula is C28H39FN4O4SSi. The highest BCUT2D eigenvalue weighted by Gasteiger charge is 2.39. The number of nitriles is 1. The fourth-order valence-electron chi connectivity index (χ4n) is 3.52. The van der Waals surface area contributed by atoms with Crippen molar-refractivity contribution in [2.24, 2.45) is 0 Å². The second-order valence-corrected chi connectivity index (χ2v) is 18.2. The number of benzene rings is 1. The first-order valence-electron chi connectivity index (χ1n) is 12.7. The number of carbonyl (C=O) groups excluding carboxylic acids is 1. The number of carbonyl (C=O) groups is 1. The Morgan fingerprint density at radius 3 is 2.28 bits per heavy atom. The average molecular weight is 575 g/mol. The van der Waals surface area contributed by atoms with E-state index in [1.165, 1.54) is 25.3 Å². The minimum Gasteiger partial charge on any atom is -0.412 e. The van der Waals surface area contributed by atoms with E-state index in [1.54, 1.807) is 18.2 Å². The molecule has 8 nitrogen and oxygen atoms in total. The number of aromatic nitrogens is 2. The van der Waals surface area contributed by atoms with Crippen molar-refractivity contribution in [2.75, 3.05) is 17.6 Å². The van der Waals surface area contributed by atoms with Crippen molar-refractivity contribution in [1.82, 2.24) is 9.97 Å². The van der Waals surface area contributed by atoms with E-state index >= 15 is 0 Å². The Bertz CT molecular complexity index is 1360. The number of halogens is 1. The molecule has 212 valence electrons. The molecule has 0 radical (unpaired) electrons. The maximum absolute atomic E-state index is 13.7. The number of sulfonamides is 1. The van der Waals surface area contributed by atoms with Crippen LogP contribution in [0, 0.1) is 17.1 Å². The van der Waals surface area contributed by atoms with E-state index in [0.717, 1.165) is 10.6 Å². The second-order valence-electron chi connectivity index (χ2n) is 11.4. The van der Waals surface area contributed by atoms with Crippen LogP contribution in [0.15, 0.2) is 30.3 Å². The molecule has 2 rings (SSSR count). The minimum atomic E-state index is -3.65. The van der Waals surface area contributed by atoms with Crippen LogP contribution in [0.1, 0.15) is 64.6 Å². The molecule has 1 aromatic carbocycles. The van der Waals surface area contributed by atoms with E-state index in [2.05, 4.69) is 49.9 Å². The molecule has 11 heteroatoms. The van der Waals surface area contributed by atoms with Gasteiger partial charge in [0, 0.05) is 24.6 Å². The topological polar surface area (TPSA) is 113 Å². The summed E-state index contributed by atoms with van der Waals surface area (Å²) in [5, 5.41) is 9.26. The fraction of sp³-hybridized carbons (Fsp3) is 0.500. The van der Waals surface area contributed by atoms with Gasteiger partial charge >= 0.3 is 0 Å². The molecule has 0 saturated carbocycles. The van der Waals surface area contributed by atoms with Crippen molar-refractivity contribution in [3.8, 4) is 17.3 Å². The predicted octanol–water partition coefficient (Wildman–Crippen LogP) is 6.08. The lowest BCUT2D eigenvalue weighted by Gasteiger charge is -2.38. The summed E-state index contributed by atoms with van der Waals surface area (Å²) < 4.78 is 45.5. The molecule has 0 N–H and O–H groups in total. The minimum absolute atomic E-state index is 0.0270. The van der Waals surface area contributed by atoms with Gasteiger partial charge in [0.1, 0.15) is 5.82 Å². The number of hydrogen-bond donors (Lipinski definition) is 0. The van der Waals surface area contributed by atoms with Crippen LogP contribution in [0.5, 0.6) is 0 Å². The monoisotopic (exact) mass is 574 g/mol. The first kappa shape index (κ1) is 32.3. The van der Waals surface area contributed by atoms with Crippen LogP contribution >= 0.6 is 0 Å². The van der Waals surface area contributed by atoms with Gasteiger partial charge in [0.15, 0.2) is 14.1 Å². The highest BCUT2D eigenvalue weighted by atomic mass is 32.2. The highest BCUT2D eigenvalue weighted by molar-refractivity contribution is 7.92. The quantitative estimate of drug-likeness (QED) is 0.236. The van der Waals surface area contributed by atoms with E-state index in [1.807, 2.05) is 13.8 Å². The Hall–Kier alpha value is -2.94. The molecule has 2 aromatic rings. The Labute approximate surface area is 233 Å². The van der Waals surface area contributed by atoms with Gasteiger partial charge in [0.25, 0.3) is 0 Å². The number of anilines is 1. The SMILES string of the molecule is CC(C)c1nc(N(C)S(C)(=O)=O)nc(-c2ccc(F)cc2)c1/C=C/C(=O)C[C@@H](CC#N)O[Si](C)(C)C(C)(C)C. The van der Waals surface area contributed by atoms with E-state index in [-0.39, 0.29) is 35.5 Å². The van der Waals surface area contributed by atoms with Crippen molar-refractivity contribution in [3.63, 3.8) is 0 Å². The molecule has 0 aliphatic rings. The van der Waals surface area contributed by atoms with Crippen molar-refractivity contribution >= 4 is 36.1 Å². The molecule has 1 heterocycles. The van der Waals surface area contributed by atoms with E-state index in [4.69, 9.17) is 4.43 Å². The number of ketones is 1. The Kier molecular flexibility index (Phi) is 10.3. The molecule has 0 aliphatic carbocycles. The zero-order valence-corrected chi connectivity index (χ0v) is 26.1. The van der Waals surface area contributed by atoms with Crippen LogP contribution in [0.3, 0.4) is 0 Å². The maximum atomic E-state index is 13.7. The summed E-state index contributed by atoms with van der Waals surface area (Å²) in [6, 6.07) is 7.79. The van der Waals surface area contributed by atoms with Crippen LogP contribution in [0.4, 0.5) is 10.3 Å². The molecule has 0 fully saturated rings. The van der Waals surface area contributed by atoms with Gasteiger partial charge in [-0.1, -0.05) is 34.6 Å². The maximum Gasteiger partial charge on any atom is 0.239 e. The van der Waals surface area contributed by atoms with Crippen molar-refractivity contribution < 1.29 is 22.0 Å². The van der Waals surface area contributed by atoms with E-state index in [9.17, 15) is 22.9 Å².